The van der Waals surface area contributed by atoms with Crippen LogP contribution in [0.15, 0.2) is 0 Å². The molecule has 5 heteroatoms. The van der Waals surface area contributed by atoms with E-state index in [1.165, 1.54) is 0 Å². The number of hydrogen-bond donors (Lipinski definition) is 1. The number of carbonyl (C=O) groups excluding carboxylic acids is 1. The van der Waals surface area contributed by atoms with Crippen molar-refractivity contribution in [3.05, 3.63) is 0 Å². The normalized spacial score (nSPS) is 14.1. The second-order valence-corrected chi connectivity index (χ2v) is 5.50. The van der Waals surface area contributed by atoms with Crippen molar-refractivity contribution in [1.29, 1.82) is 0 Å². The van der Waals surface area contributed by atoms with Crippen molar-refractivity contribution < 1.29 is 13.2 Å². The average Bonchev–Trinajstić information content (AvgIpc) is 1.99. The third-order valence-electron chi connectivity index (χ3n) is 1.71. The monoisotopic (exact) mass is 207 g/mol. The molecule has 0 aromatic heterocycles. The summed E-state index contributed by atoms with van der Waals surface area (Å²) in [6.07, 6.45) is 2.57. The summed E-state index contributed by atoms with van der Waals surface area (Å²) >= 11 is 0. The highest BCUT2D eigenvalue weighted by atomic mass is 32.2. The molecule has 0 aromatic carbocycles. The molecule has 13 heavy (non-hydrogen) atoms. The molecule has 0 heterocycles. The van der Waals surface area contributed by atoms with Gasteiger partial charge in [-0.25, -0.2) is 8.42 Å². The number of sulfone groups is 1. The van der Waals surface area contributed by atoms with Crippen LogP contribution in [0.1, 0.15) is 26.2 Å². The van der Waals surface area contributed by atoms with Gasteiger partial charge in [0.1, 0.15) is 15.6 Å². The van der Waals surface area contributed by atoms with E-state index in [9.17, 15) is 13.2 Å². The lowest BCUT2D eigenvalue weighted by Gasteiger charge is -2.08. The van der Waals surface area contributed by atoms with Crippen LogP contribution in [0.3, 0.4) is 0 Å². The molecule has 2 N–H and O–H groups in total. The summed E-state index contributed by atoms with van der Waals surface area (Å²) in [6, 6.07) is -0.616. The van der Waals surface area contributed by atoms with Crippen molar-refractivity contribution in [2.75, 3.05) is 12.0 Å². The molecule has 0 saturated heterocycles. The van der Waals surface area contributed by atoms with Crippen LogP contribution < -0.4 is 5.73 Å². The predicted octanol–water partition coefficient (Wildman–Crippen LogP) is 0.118. The van der Waals surface area contributed by atoms with Crippen molar-refractivity contribution in [3.63, 3.8) is 0 Å². The Morgan fingerprint density at radius 3 is 2.38 bits per heavy atom. The van der Waals surface area contributed by atoms with Gasteiger partial charge in [-0.05, 0) is 12.8 Å². The largest absolute Gasteiger partial charge is 0.321 e. The zero-order chi connectivity index (χ0) is 10.5. The predicted molar refractivity (Wildman–Crippen MR) is 52.2 cm³/mol. The minimum atomic E-state index is -3.00. The molecule has 78 valence electrons. The van der Waals surface area contributed by atoms with Crippen molar-refractivity contribution >= 4 is 15.6 Å². The van der Waals surface area contributed by atoms with E-state index in [0.29, 0.717) is 6.42 Å². The molecule has 0 aliphatic carbocycles. The second-order valence-electron chi connectivity index (χ2n) is 3.24. The van der Waals surface area contributed by atoms with Crippen molar-refractivity contribution in [2.24, 2.45) is 5.73 Å². The van der Waals surface area contributed by atoms with E-state index in [1.54, 1.807) is 0 Å². The Balaban J connectivity index is 3.88. The molecule has 0 bridgehead atoms. The first-order valence-corrected chi connectivity index (χ1v) is 6.39. The SMILES string of the molecule is CCCC(=O)C(N)CCS(C)(=O)=O. The Morgan fingerprint density at radius 1 is 1.46 bits per heavy atom. The second kappa shape index (κ2) is 5.34. The summed E-state index contributed by atoms with van der Waals surface area (Å²) < 4.78 is 21.5. The average molecular weight is 207 g/mol. The molecule has 0 saturated carbocycles. The number of rotatable bonds is 6. The summed E-state index contributed by atoms with van der Waals surface area (Å²) in [7, 11) is -3.00. The van der Waals surface area contributed by atoms with Crippen LogP contribution >= 0.6 is 0 Å². The fourth-order valence-electron chi connectivity index (χ4n) is 0.934. The van der Waals surface area contributed by atoms with Gasteiger partial charge < -0.3 is 5.73 Å². The highest BCUT2D eigenvalue weighted by molar-refractivity contribution is 7.90. The Bertz CT molecular complexity index is 259. The molecular formula is C8H17NO3S. The molecule has 0 spiro atoms. The van der Waals surface area contributed by atoms with Gasteiger partial charge in [0.2, 0.25) is 0 Å². The van der Waals surface area contributed by atoms with Crippen molar-refractivity contribution in [1.82, 2.24) is 0 Å². The Kier molecular flexibility index (Phi) is 5.17. The maximum Gasteiger partial charge on any atom is 0.149 e. The van der Waals surface area contributed by atoms with Gasteiger partial charge in [0.25, 0.3) is 0 Å². The maximum absolute atomic E-state index is 11.1. The summed E-state index contributed by atoms with van der Waals surface area (Å²) in [5.41, 5.74) is 5.50. The summed E-state index contributed by atoms with van der Waals surface area (Å²) in [5, 5.41) is 0. The number of Topliss-reactive ketones (excluding diaryl/α,β-unsaturated/α-hetero) is 1. The van der Waals surface area contributed by atoms with E-state index in [-0.39, 0.29) is 18.0 Å². The minimum absolute atomic E-state index is 0.0103. The minimum Gasteiger partial charge on any atom is -0.321 e. The van der Waals surface area contributed by atoms with Crippen LogP contribution in [0, 0.1) is 0 Å². The first kappa shape index (κ1) is 12.6. The molecule has 1 atom stereocenters. The quantitative estimate of drug-likeness (QED) is 0.671. The van der Waals surface area contributed by atoms with E-state index in [0.717, 1.165) is 12.7 Å². The smallest absolute Gasteiger partial charge is 0.149 e. The first-order chi connectivity index (χ1) is 5.87. The van der Waals surface area contributed by atoms with Gasteiger partial charge in [0.15, 0.2) is 0 Å². The zero-order valence-corrected chi connectivity index (χ0v) is 8.93. The van der Waals surface area contributed by atoms with E-state index < -0.39 is 15.9 Å². The topological polar surface area (TPSA) is 77.2 Å². The third kappa shape index (κ3) is 6.72. The number of hydrogen-bond acceptors (Lipinski definition) is 4. The zero-order valence-electron chi connectivity index (χ0n) is 8.12. The molecule has 0 radical (unpaired) electrons. The van der Waals surface area contributed by atoms with Gasteiger partial charge >= 0.3 is 0 Å². The molecule has 0 fully saturated rings. The van der Waals surface area contributed by atoms with Crippen molar-refractivity contribution in [3.8, 4) is 0 Å². The lowest BCUT2D eigenvalue weighted by molar-refractivity contribution is -0.120. The van der Waals surface area contributed by atoms with Crippen molar-refractivity contribution in [2.45, 2.75) is 32.2 Å². The number of nitrogens with two attached hydrogens (primary N) is 1. The van der Waals surface area contributed by atoms with E-state index in [1.807, 2.05) is 6.92 Å². The van der Waals surface area contributed by atoms with Gasteiger partial charge in [-0.15, -0.1) is 0 Å². The van der Waals surface area contributed by atoms with Crippen LogP contribution in [-0.4, -0.2) is 32.3 Å². The van der Waals surface area contributed by atoms with E-state index >= 15 is 0 Å². The van der Waals surface area contributed by atoms with Crippen LogP contribution in [0.5, 0.6) is 0 Å². The van der Waals surface area contributed by atoms with Gasteiger partial charge in [0.05, 0.1) is 11.8 Å². The van der Waals surface area contributed by atoms with Crippen LogP contribution in [0.4, 0.5) is 0 Å². The lowest BCUT2D eigenvalue weighted by atomic mass is 10.1. The fraction of sp³-hybridized carbons (Fsp3) is 0.875. The van der Waals surface area contributed by atoms with Crippen LogP contribution in [0.2, 0.25) is 0 Å². The lowest BCUT2D eigenvalue weighted by Crippen LogP contribution is -2.32. The molecule has 1 unspecified atom stereocenters. The molecule has 0 aromatic rings. The molecule has 0 rings (SSSR count). The summed E-state index contributed by atoms with van der Waals surface area (Å²) in [4.78, 5) is 11.1. The Labute approximate surface area is 79.4 Å². The van der Waals surface area contributed by atoms with E-state index in [2.05, 4.69) is 0 Å². The summed E-state index contributed by atoms with van der Waals surface area (Å²) in [5.74, 6) is -0.0602. The molecule has 0 aliphatic rings. The van der Waals surface area contributed by atoms with Gasteiger partial charge in [0, 0.05) is 12.7 Å². The van der Waals surface area contributed by atoms with Gasteiger partial charge in [-0.2, -0.15) is 0 Å². The highest BCUT2D eigenvalue weighted by Gasteiger charge is 2.14. The standard InChI is InChI=1S/C8H17NO3S/c1-3-4-8(10)7(9)5-6-13(2,11)12/h7H,3-6,9H2,1-2H3. The van der Waals surface area contributed by atoms with Crippen LogP contribution in [0.25, 0.3) is 0 Å². The highest BCUT2D eigenvalue weighted by Crippen LogP contribution is 1.99. The fourth-order valence-corrected chi connectivity index (χ4v) is 1.62. The molecular weight excluding hydrogens is 190 g/mol. The van der Waals surface area contributed by atoms with E-state index in [4.69, 9.17) is 5.73 Å². The molecule has 0 aliphatic heterocycles. The van der Waals surface area contributed by atoms with Gasteiger partial charge in [-0.1, -0.05) is 6.92 Å². The Hall–Kier alpha value is -0.420. The molecule has 4 nitrogen and oxygen atoms in total. The molecule has 0 amide bonds. The van der Waals surface area contributed by atoms with Crippen LogP contribution in [-0.2, 0) is 14.6 Å². The Morgan fingerprint density at radius 2 is 2.00 bits per heavy atom. The number of ketones is 1. The maximum atomic E-state index is 11.1. The first-order valence-electron chi connectivity index (χ1n) is 4.33. The van der Waals surface area contributed by atoms with Gasteiger partial charge in [-0.3, -0.25) is 4.79 Å². The summed E-state index contributed by atoms with van der Waals surface area (Å²) in [6.45, 7) is 1.89. The third-order valence-corrected chi connectivity index (χ3v) is 2.69. The number of carbonyl (C=O) groups is 1.